The molecule has 0 spiro atoms. The van der Waals surface area contributed by atoms with Crippen molar-refractivity contribution in [2.45, 2.75) is 39.4 Å². The highest BCUT2D eigenvalue weighted by molar-refractivity contribution is 5.37. The van der Waals surface area contributed by atoms with E-state index in [9.17, 15) is 18.3 Å². The van der Waals surface area contributed by atoms with E-state index >= 15 is 0 Å². The van der Waals surface area contributed by atoms with Gasteiger partial charge in [-0.25, -0.2) is 0 Å². The van der Waals surface area contributed by atoms with Crippen LogP contribution in [0.15, 0.2) is 18.2 Å². The molecule has 1 N–H and O–H groups in total. The molecule has 1 atom stereocenters. The second-order valence-corrected chi connectivity index (χ2v) is 4.82. The summed E-state index contributed by atoms with van der Waals surface area (Å²) in [4.78, 5) is 1.34. The lowest BCUT2D eigenvalue weighted by Crippen LogP contribution is -2.36. The Hall–Kier alpha value is -1.23. The summed E-state index contributed by atoms with van der Waals surface area (Å²) in [6, 6.07) is 4.59. The Morgan fingerprint density at radius 1 is 1.32 bits per heavy atom. The number of alkyl halides is 3. The summed E-state index contributed by atoms with van der Waals surface area (Å²) in [5, 5.41) is 9.87. The van der Waals surface area contributed by atoms with E-state index in [1.54, 1.807) is 25.1 Å². The van der Waals surface area contributed by atoms with Crippen molar-refractivity contribution in [3.63, 3.8) is 0 Å². The van der Waals surface area contributed by atoms with E-state index < -0.39 is 18.8 Å². The van der Waals surface area contributed by atoms with Crippen LogP contribution in [-0.4, -0.2) is 29.3 Å². The van der Waals surface area contributed by atoms with Crippen molar-refractivity contribution in [1.29, 1.82) is 0 Å². The van der Waals surface area contributed by atoms with E-state index in [0.29, 0.717) is 18.5 Å². The molecule has 0 radical (unpaired) electrons. The number of aryl methyl sites for hydroxylation is 1. The first-order valence-electron chi connectivity index (χ1n) is 6.35. The van der Waals surface area contributed by atoms with Crippen LogP contribution >= 0.6 is 0 Å². The van der Waals surface area contributed by atoms with Crippen LogP contribution < -0.4 is 0 Å². The summed E-state index contributed by atoms with van der Waals surface area (Å²) < 4.78 is 37.7. The molecule has 1 unspecified atom stereocenters. The van der Waals surface area contributed by atoms with Gasteiger partial charge in [0, 0.05) is 11.6 Å². The summed E-state index contributed by atoms with van der Waals surface area (Å²) in [6.45, 7) is 4.73. The number of halogens is 3. The maximum Gasteiger partial charge on any atom is 0.401 e. The average molecular weight is 275 g/mol. The van der Waals surface area contributed by atoms with Crippen LogP contribution in [0, 0.1) is 6.92 Å². The fraction of sp³-hybridized carbons (Fsp3) is 0.571. The van der Waals surface area contributed by atoms with Crippen LogP contribution in [0.1, 0.15) is 37.4 Å². The number of nitrogens with zero attached hydrogens (tertiary/aromatic N) is 1. The molecular formula is C14H20F3NO. The van der Waals surface area contributed by atoms with Gasteiger partial charge in [-0.3, -0.25) is 4.90 Å². The quantitative estimate of drug-likeness (QED) is 0.876. The van der Waals surface area contributed by atoms with Crippen LogP contribution in [0.3, 0.4) is 0 Å². The Morgan fingerprint density at radius 3 is 2.42 bits per heavy atom. The predicted octanol–water partition coefficient (Wildman–Crippen LogP) is 4.04. The fourth-order valence-corrected chi connectivity index (χ4v) is 2.13. The molecule has 1 rings (SSSR count). The lowest BCUT2D eigenvalue weighted by atomic mass is 10.0. The maximum absolute atomic E-state index is 12.6. The highest BCUT2D eigenvalue weighted by Crippen LogP contribution is 2.31. The van der Waals surface area contributed by atoms with E-state index in [1.807, 2.05) is 13.8 Å². The number of hydrogen-bond donors (Lipinski definition) is 1. The molecule has 0 bridgehead atoms. The molecule has 0 aliphatic heterocycles. The minimum atomic E-state index is -4.23. The Bertz CT molecular complexity index is 418. The van der Waals surface area contributed by atoms with Gasteiger partial charge in [-0.1, -0.05) is 19.1 Å². The molecule has 0 aromatic heterocycles. The molecule has 0 amide bonds. The summed E-state index contributed by atoms with van der Waals surface area (Å²) in [6.07, 6.45) is -3.60. The molecule has 0 aliphatic carbocycles. The van der Waals surface area contributed by atoms with Crippen LogP contribution in [0.2, 0.25) is 0 Å². The van der Waals surface area contributed by atoms with E-state index in [4.69, 9.17) is 0 Å². The average Bonchev–Trinajstić information content (AvgIpc) is 2.26. The van der Waals surface area contributed by atoms with Crippen LogP contribution in [0.4, 0.5) is 13.2 Å². The second kappa shape index (κ2) is 6.28. The van der Waals surface area contributed by atoms with E-state index in [2.05, 4.69) is 0 Å². The molecule has 0 saturated heterocycles. The third kappa shape index (κ3) is 4.74. The van der Waals surface area contributed by atoms with Gasteiger partial charge in [-0.2, -0.15) is 13.2 Å². The maximum atomic E-state index is 12.6. The van der Waals surface area contributed by atoms with Crippen molar-refractivity contribution in [2.75, 3.05) is 13.1 Å². The zero-order chi connectivity index (χ0) is 14.6. The van der Waals surface area contributed by atoms with Gasteiger partial charge in [0.25, 0.3) is 0 Å². The number of hydrogen-bond acceptors (Lipinski definition) is 2. The molecule has 1 aromatic rings. The minimum absolute atomic E-state index is 0.0516. The first kappa shape index (κ1) is 15.8. The molecule has 108 valence electrons. The van der Waals surface area contributed by atoms with Gasteiger partial charge in [-0.05, 0) is 38.4 Å². The molecule has 0 aliphatic rings. The van der Waals surface area contributed by atoms with E-state index in [1.165, 1.54) is 4.90 Å². The zero-order valence-corrected chi connectivity index (χ0v) is 11.5. The summed E-state index contributed by atoms with van der Waals surface area (Å²) in [5.74, 6) is 0.0516. The topological polar surface area (TPSA) is 23.5 Å². The third-order valence-electron chi connectivity index (χ3n) is 3.08. The molecule has 5 heteroatoms. The third-order valence-corrected chi connectivity index (χ3v) is 3.08. The molecular weight excluding hydrogens is 255 g/mol. The van der Waals surface area contributed by atoms with Gasteiger partial charge in [0.2, 0.25) is 0 Å². The van der Waals surface area contributed by atoms with Crippen LogP contribution in [0.25, 0.3) is 0 Å². The van der Waals surface area contributed by atoms with Gasteiger partial charge in [-0.15, -0.1) is 0 Å². The van der Waals surface area contributed by atoms with Crippen molar-refractivity contribution in [2.24, 2.45) is 0 Å². The standard InChI is InChI=1S/C14H20F3NO/c1-4-7-18(9-14(15,16)17)11(3)12-6-5-10(2)8-13(12)19/h5-6,8,11,19H,4,7,9H2,1-3H3. The molecule has 19 heavy (non-hydrogen) atoms. The van der Waals surface area contributed by atoms with Gasteiger partial charge >= 0.3 is 6.18 Å². The number of rotatable bonds is 5. The Kier molecular flexibility index (Phi) is 5.23. The fourth-order valence-electron chi connectivity index (χ4n) is 2.13. The number of phenols is 1. The van der Waals surface area contributed by atoms with Crippen molar-refractivity contribution in [1.82, 2.24) is 4.90 Å². The smallest absolute Gasteiger partial charge is 0.401 e. The van der Waals surface area contributed by atoms with Crippen molar-refractivity contribution in [3.05, 3.63) is 29.3 Å². The second-order valence-electron chi connectivity index (χ2n) is 4.82. The van der Waals surface area contributed by atoms with Crippen molar-refractivity contribution in [3.8, 4) is 5.75 Å². The van der Waals surface area contributed by atoms with Crippen LogP contribution in [-0.2, 0) is 0 Å². The predicted molar refractivity (Wildman–Crippen MR) is 69.2 cm³/mol. The Labute approximate surface area is 111 Å². The summed E-state index contributed by atoms with van der Waals surface area (Å²) >= 11 is 0. The highest BCUT2D eigenvalue weighted by atomic mass is 19.4. The molecule has 0 heterocycles. The normalized spacial score (nSPS) is 13.8. The molecule has 2 nitrogen and oxygen atoms in total. The lowest BCUT2D eigenvalue weighted by Gasteiger charge is -2.30. The lowest BCUT2D eigenvalue weighted by molar-refractivity contribution is -0.150. The number of benzene rings is 1. The largest absolute Gasteiger partial charge is 0.508 e. The van der Waals surface area contributed by atoms with Crippen LogP contribution in [0.5, 0.6) is 5.75 Å². The van der Waals surface area contributed by atoms with Gasteiger partial charge in [0.15, 0.2) is 0 Å². The van der Waals surface area contributed by atoms with Crippen molar-refractivity contribution < 1.29 is 18.3 Å². The SMILES string of the molecule is CCCN(CC(F)(F)F)C(C)c1ccc(C)cc1O. The van der Waals surface area contributed by atoms with Gasteiger partial charge < -0.3 is 5.11 Å². The first-order valence-corrected chi connectivity index (χ1v) is 6.35. The molecule has 0 saturated carbocycles. The molecule has 0 fully saturated rings. The summed E-state index contributed by atoms with van der Waals surface area (Å²) in [7, 11) is 0. The minimum Gasteiger partial charge on any atom is -0.508 e. The van der Waals surface area contributed by atoms with Gasteiger partial charge in [0.1, 0.15) is 5.75 Å². The highest BCUT2D eigenvalue weighted by Gasteiger charge is 2.33. The zero-order valence-electron chi connectivity index (χ0n) is 11.5. The number of aromatic hydroxyl groups is 1. The Morgan fingerprint density at radius 2 is 1.95 bits per heavy atom. The monoisotopic (exact) mass is 275 g/mol. The van der Waals surface area contributed by atoms with Gasteiger partial charge in [0.05, 0.1) is 6.54 Å². The Balaban J connectivity index is 2.95. The van der Waals surface area contributed by atoms with E-state index in [0.717, 1.165) is 5.56 Å². The first-order chi connectivity index (χ1) is 8.74. The van der Waals surface area contributed by atoms with Crippen molar-refractivity contribution >= 4 is 0 Å². The van der Waals surface area contributed by atoms with E-state index in [-0.39, 0.29) is 5.75 Å². The summed E-state index contributed by atoms with van der Waals surface area (Å²) in [5.41, 5.74) is 1.41. The molecule has 1 aromatic carbocycles. The number of phenolic OH excluding ortho intramolecular Hbond substituents is 1.